The highest BCUT2D eigenvalue weighted by Gasteiger charge is 2.46. The van der Waals surface area contributed by atoms with Crippen LogP contribution < -0.4 is 4.72 Å². The van der Waals surface area contributed by atoms with Gasteiger partial charge >= 0.3 is 15.5 Å². The Morgan fingerprint density at radius 3 is 2.48 bits per heavy atom. The zero-order valence-corrected chi connectivity index (χ0v) is 15.9. The van der Waals surface area contributed by atoms with E-state index in [2.05, 4.69) is 5.16 Å². The van der Waals surface area contributed by atoms with Gasteiger partial charge in [0.05, 0.1) is 11.4 Å². The molecule has 0 unspecified atom stereocenters. The predicted octanol–water partition coefficient (Wildman–Crippen LogP) is 4.85. The summed E-state index contributed by atoms with van der Waals surface area (Å²) in [7, 11) is -5.56. The first-order chi connectivity index (χ1) is 12.5. The third-order valence-corrected chi connectivity index (χ3v) is 5.03. The molecular formula is C17H16ClF3N2O3S. The van der Waals surface area contributed by atoms with Gasteiger partial charge in [0.25, 0.3) is 0 Å². The highest BCUT2D eigenvalue weighted by Crippen LogP contribution is 2.29. The van der Waals surface area contributed by atoms with Gasteiger partial charge in [-0.15, -0.1) is 0 Å². The Morgan fingerprint density at radius 1 is 1.19 bits per heavy atom. The largest absolute Gasteiger partial charge is 0.516 e. The van der Waals surface area contributed by atoms with E-state index in [1.165, 1.54) is 26.0 Å². The third kappa shape index (κ3) is 5.14. The molecule has 0 heterocycles. The summed E-state index contributed by atoms with van der Waals surface area (Å²) in [6.45, 7) is 3.02. The van der Waals surface area contributed by atoms with E-state index in [1.54, 1.807) is 35.1 Å². The molecule has 0 spiro atoms. The van der Waals surface area contributed by atoms with Gasteiger partial charge in [0, 0.05) is 16.1 Å². The molecule has 0 aliphatic rings. The van der Waals surface area contributed by atoms with E-state index in [1.807, 2.05) is 0 Å². The van der Waals surface area contributed by atoms with Crippen LogP contribution >= 0.6 is 11.6 Å². The number of para-hydroxylation sites is 1. The molecule has 0 fully saturated rings. The number of halogens is 4. The summed E-state index contributed by atoms with van der Waals surface area (Å²) >= 11 is 6.01. The van der Waals surface area contributed by atoms with Gasteiger partial charge < -0.3 is 4.84 Å². The lowest BCUT2D eigenvalue weighted by atomic mass is 10.1. The Labute approximate surface area is 159 Å². The first-order valence-corrected chi connectivity index (χ1v) is 9.48. The number of nitrogens with zero attached hydrogens (tertiary/aromatic N) is 1. The maximum absolute atomic E-state index is 12.7. The van der Waals surface area contributed by atoms with Crippen molar-refractivity contribution in [2.24, 2.45) is 5.16 Å². The van der Waals surface area contributed by atoms with E-state index >= 15 is 0 Å². The van der Waals surface area contributed by atoms with Crippen molar-refractivity contribution in [3.8, 4) is 0 Å². The topological polar surface area (TPSA) is 67.8 Å². The molecule has 0 amide bonds. The zero-order valence-electron chi connectivity index (χ0n) is 14.3. The molecule has 5 nitrogen and oxygen atoms in total. The molecule has 0 bridgehead atoms. The minimum absolute atomic E-state index is 0.0481. The number of benzene rings is 2. The van der Waals surface area contributed by atoms with Gasteiger partial charge in [-0.2, -0.15) is 21.6 Å². The maximum atomic E-state index is 12.7. The molecule has 0 radical (unpaired) electrons. The van der Waals surface area contributed by atoms with E-state index in [-0.39, 0.29) is 23.6 Å². The van der Waals surface area contributed by atoms with Gasteiger partial charge in [0.1, 0.15) is 6.61 Å². The van der Waals surface area contributed by atoms with E-state index < -0.39 is 15.5 Å². The number of hydrogen-bond donors (Lipinski definition) is 1. The second kappa shape index (κ2) is 8.18. The molecule has 2 aromatic carbocycles. The first-order valence-electron chi connectivity index (χ1n) is 7.62. The monoisotopic (exact) mass is 420 g/mol. The van der Waals surface area contributed by atoms with Crippen LogP contribution in [-0.4, -0.2) is 19.6 Å². The standard InChI is InChI=1S/C17H16ClF3N2O3S/c1-11-6-5-8-14(16(11)23-27(24,25)17(19,20)21)12(2)22-26-10-13-7-3-4-9-15(13)18/h3-9,23H,10H2,1-2H3/b22-12+. The minimum Gasteiger partial charge on any atom is -0.391 e. The van der Waals surface area contributed by atoms with Gasteiger partial charge in [-0.3, -0.25) is 4.72 Å². The van der Waals surface area contributed by atoms with Crippen LogP contribution in [0.15, 0.2) is 47.6 Å². The van der Waals surface area contributed by atoms with Gasteiger partial charge in [-0.05, 0) is 25.5 Å². The Morgan fingerprint density at radius 2 is 1.85 bits per heavy atom. The van der Waals surface area contributed by atoms with Gasteiger partial charge in [-0.25, -0.2) is 0 Å². The summed E-state index contributed by atoms with van der Waals surface area (Å²) in [5.74, 6) is 0. The van der Waals surface area contributed by atoms with Crippen molar-refractivity contribution in [2.45, 2.75) is 26.0 Å². The molecule has 0 saturated carbocycles. The van der Waals surface area contributed by atoms with Crippen LogP contribution in [0, 0.1) is 6.92 Å². The molecule has 0 saturated heterocycles. The van der Waals surface area contributed by atoms with Crippen molar-refractivity contribution < 1.29 is 26.4 Å². The molecule has 0 aliphatic heterocycles. The van der Waals surface area contributed by atoms with Crippen molar-refractivity contribution in [3.05, 3.63) is 64.2 Å². The SMILES string of the molecule is C/C(=N\OCc1ccccc1Cl)c1cccc(C)c1NS(=O)(=O)C(F)(F)F. The molecule has 146 valence electrons. The van der Waals surface area contributed by atoms with Crippen LogP contribution in [-0.2, 0) is 21.5 Å². The quantitative estimate of drug-likeness (QED) is 0.536. The normalized spacial score (nSPS) is 12.7. The van der Waals surface area contributed by atoms with Crippen LogP contribution in [0.4, 0.5) is 18.9 Å². The Bertz CT molecular complexity index is 960. The van der Waals surface area contributed by atoms with E-state index in [0.29, 0.717) is 16.1 Å². The number of aryl methyl sites for hydroxylation is 1. The van der Waals surface area contributed by atoms with Crippen LogP contribution in [0.25, 0.3) is 0 Å². The molecule has 0 aromatic heterocycles. The Kier molecular flexibility index (Phi) is 6.38. The number of rotatable bonds is 6. The second-order valence-electron chi connectivity index (χ2n) is 5.59. The lowest BCUT2D eigenvalue weighted by Gasteiger charge is -2.16. The summed E-state index contributed by atoms with van der Waals surface area (Å²) < 4.78 is 62.6. The first kappa shape index (κ1) is 21.0. The number of anilines is 1. The van der Waals surface area contributed by atoms with Crippen molar-refractivity contribution in [1.82, 2.24) is 0 Å². The van der Waals surface area contributed by atoms with Crippen molar-refractivity contribution in [1.29, 1.82) is 0 Å². The molecule has 0 atom stereocenters. The van der Waals surface area contributed by atoms with Gasteiger partial charge in [0.2, 0.25) is 0 Å². The number of alkyl halides is 3. The number of oxime groups is 1. The molecule has 27 heavy (non-hydrogen) atoms. The van der Waals surface area contributed by atoms with E-state index in [4.69, 9.17) is 16.4 Å². The summed E-state index contributed by atoms with van der Waals surface area (Å²) in [4.78, 5) is 5.21. The van der Waals surface area contributed by atoms with Gasteiger partial charge in [0.15, 0.2) is 0 Å². The predicted molar refractivity (Wildman–Crippen MR) is 98.2 cm³/mol. The van der Waals surface area contributed by atoms with Crippen molar-refractivity contribution in [2.75, 3.05) is 4.72 Å². The lowest BCUT2D eigenvalue weighted by Crippen LogP contribution is -2.30. The smallest absolute Gasteiger partial charge is 0.391 e. The maximum Gasteiger partial charge on any atom is 0.516 e. The van der Waals surface area contributed by atoms with E-state index in [9.17, 15) is 21.6 Å². The van der Waals surface area contributed by atoms with Crippen LogP contribution in [0.5, 0.6) is 0 Å². The number of nitrogens with one attached hydrogen (secondary N) is 1. The molecule has 0 aliphatic carbocycles. The fraction of sp³-hybridized carbons (Fsp3) is 0.235. The molecule has 1 N–H and O–H groups in total. The lowest BCUT2D eigenvalue weighted by molar-refractivity contribution is -0.0429. The third-order valence-electron chi connectivity index (χ3n) is 3.58. The molecule has 2 rings (SSSR count). The number of hydrogen-bond acceptors (Lipinski definition) is 4. The fourth-order valence-electron chi connectivity index (χ4n) is 2.16. The summed E-state index contributed by atoms with van der Waals surface area (Å²) in [5, 5.41) is 4.35. The van der Waals surface area contributed by atoms with Crippen molar-refractivity contribution in [3.63, 3.8) is 0 Å². The van der Waals surface area contributed by atoms with E-state index in [0.717, 1.165) is 0 Å². The Balaban J connectivity index is 2.27. The zero-order chi connectivity index (χ0) is 20.2. The Hall–Kier alpha value is -2.26. The van der Waals surface area contributed by atoms with Crippen LogP contribution in [0.2, 0.25) is 5.02 Å². The summed E-state index contributed by atoms with van der Waals surface area (Å²) in [6, 6.07) is 11.4. The fourth-order valence-corrected chi connectivity index (χ4v) is 3.01. The average Bonchev–Trinajstić information content (AvgIpc) is 2.57. The highest BCUT2D eigenvalue weighted by atomic mass is 35.5. The van der Waals surface area contributed by atoms with Crippen LogP contribution in [0.1, 0.15) is 23.6 Å². The van der Waals surface area contributed by atoms with Gasteiger partial charge in [-0.1, -0.05) is 53.2 Å². The minimum atomic E-state index is -5.56. The summed E-state index contributed by atoms with van der Waals surface area (Å²) in [5.41, 5.74) is -4.29. The van der Waals surface area contributed by atoms with Crippen molar-refractivity contribution >= 4 is 33.0 Å². The average molecular weight is 421 g/mol. The van der Waals surface area contributed by atoms with Crippen LogP contribution in [0.3, 0.4) is 0 Å². The summed E-state index contributed by atoms with van der Waals surface area (Å²) in [6.07, 6.45) is 0. The molecule has 2 aromatic rings. The molecular weight excluding hydrogens is 405 g/mol. The highest BCUT2D eigenvalue weighted by molar-refractivity contribution is 7.93. The second-order valence-corrected chi connectivity index (χ2v) is 7.67. The molecule has 10 heteroatoms. The number of sulfonamides is 1.